The van der Waals surface area contributed by atoms with Gasteiger partial charge in [0, 0.05) is 0 Å². The minimum absolute atomic E-state index is 0.667. The quantitative estimate of drug-likeness (QED) is 0.113. The highest BCUT2D eigenvalue weighted by Crippen LogP contribution is 2.30. The van der Waals surface area contributed by atoms with E-state index < -0.39 is 149 Å². The topological polar surface area (TPSA) is 379 Å². The van der Waals surface area contributed by atoms with Crippen molar-refractivity contribution in [3.8, 4) is 0 Å². The van der Waals surface area contributed by atoms with Crippen LogP contribution in [0, 0.1) is 0 Å². The summed E-state index contributed by atoms with van der Waals surface area (Å²) in [6.45, 7) is -2.69. The summed E-state index contributed by atoms with van der Waals surface area (Å²) in [5.41, 5.74) is 0. The first-order chi connectivity index (χ1) is 21.6. The molecule has 0 aromatic rings. The van der Waals surface area contributed by atoms with Crippen molar-refractivity contribution in [3.63, 3.8) is 0 Å². The number of ether oxygens (including phenoxy) is 6. The zero-order valence-electron chi connectivity index (χ0n) is 24.0. The highest BCUT2D eigenvalue weighted by Gasteiger charge is 2.51. The fraction of sp³-hybridized carbons (Fsp3) is 1.00. The highest BCUT2D eigenvalue weighted by atomic mass is 16.7. The van der Waals surface area contributed by atoms with Crippen LogP contribution in [0.4, 0.5) is 0 Å². The van der Waals surface area contributed by atoms with Gasteiger partial charge in [-0.15, -0.1) is 0 Å². The van der Waals surface area contributed by atoms with Gasteiger partial charge in [0.05, 0.1) is 26.4 Å². The van der Waals surface area contributed by atoms with Crippen LogP contribution in [-0.4, -0.2) is 231 Å². The average molecular weight is 685 g/mol. The molecule has 16 N–H and O–H groups in total. The maximum absolute atomic E-state index is 9.94. The van der Waals surface area contributed by atoms with Gasteiger partial charge >= 0.3 is 0 Å². The summed E-state index contributed by atoms with van der Waals surface area (Å²) in [6, 6.07) is 0. The number of aliphatic hydroxyl groups is 16. The predicted octanol–water partition coefficient (Wildman–Crippen LogP) is -10.8. The second-order valence-electron chi connectivity index (χ2n) is 11.1. The summed E-state index contributed by atoms with van der Waals surface area (Å²) < 4.78 is 30.5. The summed E-state index contributed by atoms with van der Waals surface area (Å²) in [5, 5.41) is 153. The van der Waals surface area contributed by atoms with Gasteiger partial charge in [-0.3, -0.25) is 0 Å². The average Bonchev–Trinajstić information content (AvgIpc) is 3.05. The normalized spacial score (nSPS) is 51.7. The van der Waals surface area contributed by atoms with E-state index in [1.807, 2.05) is 0 Å². The van der Waals surface area contributed by atoms with E-state index in [1.165, 1.54) is 0 Å². The Balaban J connectivity index is 0.000000250. The molecule has 4 heterocycles. The first kappa shape index (κ1) is 39.6. The van der Waals surface area contributed by atoms with Gasteiger partial charge in [-0.05, 0) is 0 Å². The van der Waals surface area contributed by atoms with E-state index in [0.29, 0.717) is 0 Å². The predicted molar refractivity (Wildman–Crippen MR) is 137 cm³/mol. The molecule has 4 rings (SSSR count). The monoisotopic (exact) mass is 684 g/mol. The zero-order valence-corrected chi connectivity index (χ0v) is 24.0. The van der Waals surface area contributed by atoms with Crippen molar-refractivity contribution in [2.45, 2.75) is 123 Å². The highest BCUT2D eigenvalue weighted by molar-refractivity contribution is 4.95. The van der Waals surface area contributed by atoms with Gasteiger partial charge in [0.2, 0.25) is 0 Å². The Morgan fingerprint density at radius 3 is 0.913 bits per heavy atom. The van der Waals surface area contributed by atoms with Crippen LogP contribution in [0.3, 0.4) is 0 Å². The number of hydrogen-bond acceptors (Lipinski definition) is 22. The van der Waals surface area contributed by atoms with Crippen LogP contribution in [0.25, 0.3) is 0 Å². The molecule has 4 aliphatic rings. The molecule has 0 amide bonds. The van der Waals surface area contributed by atoms with Crippen LogP contribution in [0.5, 0.6) is 0 Å². The second-order valence-corrected chi connectivity index (χ2v) is 11.1. The number of hydrogen-bond donors (Lipinski definition) is 16. The molecule has 22 nitrogen and oxygen atoms in total. The molecule has 46 heavy (non-hydrogen) atoms. The van der Waals surface area contributed by atoms with Crippen LogP contribution >= 0.6 is 0 Å². The van der Waals surface area contributed by atoms with Gasteiger partial charge in [0.15, 0.2) is 25.2 Å². The fourth-order valence-corrected chi connectivity index (χ4v) is 5.14. The van der Waals surface area contributed by atoms with Crippen molar-refractivity contribution >= 4 is 0 Å². The van der Waals surface area contributed by atoms with E-state index in [0.717, 1.165) is 0 Å². The Morgan fingerprint density at radius 2 is 0.630 bits per heavy atom. The van der Waals surface area contributed by atoms with Gasteiger partial charge in [-0.1, -0.05) is 0 Å². The molecule has 4 aliphatic heterocycles. The molecule has 0 aliphatic carbocycles. The lowest BCUT2D eigenvalue weighted by Gasteiger charge is -2.45. The second kappa shape index (κ2) is 17.2. The van der Waals surface area contributed by atoms with E-state index in [9.17, 15) is 71.5 Å². The zero-order chi connectivity index (χ0) is 34.6. The fourth-order valence-electron chi connectivity index (χ4n) is 5.14. The smallest absolute Gasteiger partial charge is 0.187 e. The Labute approximate surface area is 260 Å². The molecule has 22 heteroatoms. The SMILES string of the molecule is OC[C@H]1O[C@@H](O[C@H]2[C@H](O)[C@@H](O)[C@H](O)O[C@@H]2CO)[C@H](O)[C@@H](O)[C@H]1O.OC[C@H]1O[C@H](O[C@H]2[C@H](O)[C@@H](O)[C@H](O)O[C@@H]2CO)[C@H](O)[C@@H](O)[C@@H]1O. The molecule has 4 fully saturated rings. The third kappa shape index (κ3) is 8.45. The third-order valence-corrected chi connectivity index (χ3v) is 7.96. The van der Waals surface area contributed by atoms with Crippen molar-refractivity contribution in [1.82, 2.24) is 0 Å². The van der Waals surface area contributed by atoms with Crippen molar-refractivity contribution < 1.29 is 110 Å². The lowest BCUT2D eigenvalue weighted by molar-refractivity contribution is -0.355. The molecule has 0 bridgehead atoms. The number of rotatable bonds is 8. The van der Waals surface area contributed by atoms with Crippen LogP contribution in [0.15, 0.2) is 0 Å². The van der Waals surface area contributed by atoms with Gasteiger partial charge in [0.1, 0.15) is 97.7 Å². The molecular weight excluding hydrogens is 640 g/mol. The van der Waals surface area contributed by atoms with E-state index in [4.69, 9.17) is 38.6 Å². The summed E-state index contributed by atoms with van der Waals surface area (Å²) in [6.07, 6.45) is -31.1. The maximum Gasteiger partial charge on any atom is 0.187 e. The van der Waals surface area contributed by atoms with Crippen LogP contribution in [-0.2, 0) is 28.4 Å². The maximum atomic E-state index is 9.94. The first-order valence-corrected chi connectivity index (χ1v) is 14.2. The van der Waals surface area contributed by atoms with Crippen LogP contribution < -0.4 is 0 Å². The molecule has 4 saturated heterocycles. The largest absolute Gasteiger partial charge is 0.394 e. The van der Waals surface area contributed by atoms with E-state index in [1.54, 1.807) is 0 Å². The van der Waals surface area contributed by atoms with Gasteiger partial charge < -0.3 is 110 Å². The Morgan fingerprint density at radius 1 is 0.326 bits per heavy atom. The van der Waals surface area contributed by atoms with Gasteiger partial charge in [-0.25, -0.2) is 0 Å². The summed E-state index contributed by atoms with van der Waals surface area (Å²) >= 11 is 0. The van der Waals surface area contributed by atoms with Crippen molar-refractivity contribution in [3.05, 3.63) is 0 Å². The molecule has 0 spiro atoms. The van der Waals surface area contributed by atoms with E-state index in [2.05, 4.69) is 0 Å². The third-order valence-electron chi connectivity index (χ3n) is 7.96. The number of aliphatic hydroxyl groups excluding tert-OH is 16. The molecule has 0 aromatic heterocycles. The summed E-state index contributed by atoms with van der Waals surface area (Å²) in [7, 11) is 0. The standard InChI is InChI=1S/2C12H22O11/c2*13-1-3-5(15)6(16)9(19)12(22-3)23-10-4(2-14)21-11(20)8(18)7(10)17/h2*3-20H,1-2H2/t3-,4-,5+,6+,7-,8-,9-,10-,11-,12+;3-,4-,5-,6+,7-,8-,9-,10-,11-,12-/m11/s1. The van der Waals surface area contributed by atoms with Crippen LogP contribution in [0.1, 0.15) is 0 Å². The van der Waals surface area contributed by atoms with Crippen molar-refractivity contribution in [2.75, 3.05) is 26.4 Å². The molecule has 0 radical (unpaired) electrons. The van der Waals surface area contributed by atoms with Crippen molar-refractivity contribution in [2.24, 2.45) is 0 Å². The summed E-state index contributed by atoms with van der Waals surface area (Å²) in [4.78, 5) is 0. The minimum atomic E-state index is -1.74. The lowest BCUT2D eigenvalue weighted by atomic mass is 9.97. The molecule has 20 atom stereocenters. The van der Waals surface area contributed by atoms with E-state index in [-0.39, 0.29) is 0 Å². The molecule has 0 unspecified atom stereocenters. The van der Waals surface area contributed by atoms with Crippen molar-refractivity contribution in [1.29, 1.82) is 0 Å². The molecular formula is C24H44O22. The van der Waals surface area contributed by atoms with E-state index >= 15 is 0 Å². The minimum Gasteiger partial charge on any atom is -0.394 e. The van der Waals surface area contributed by atoms with Gasteiger partial charge in [-0.2, -0.15) is 0 Å². The van der Waals surface area contributed by atoms with Crippen LogP contribution in [0.2, 0.25) is 0 Å². The van der Waals surface area contributed by atoms with Gasteiger partial charge in [0.25, 0.3) is 0 Å². The Kier molecular flexibility index (Phi) is 14.8. The lowest BCUT2D eigenvalue weighted by Crippen LogP contribution is -2.64. The Bertz CT molecular complexity index is 826. The Hall–Kier alpha value is -0.880. The molecule has 0 saturated carbocycles. The first-order valence-electron chi connectivity index (χ1n) is 14.2. The summed E-state index contributed by atoms with van der Waals surface area (Å²) in [5.74, 6) is 0. The molecule has 272 valence electrons. The molecule has 0 aromatic carbocycles.